The van der Waals surface area contributed by atoms with E-state index in [-0.39, 0.29) is 18.2 Å². The summed E-state index contributed by atoms with van der Waals surface area (Å²) in [4.78, 5) is 10.8. The second-order valence-corrected chi connectivity index (χ2v) is 4.16. The highest BCUT2D eigenvalue weighted by Gasteiger charge is 2.46. The summed E-state index contributed by atoms with van der Waals surface area (Å²) in [5.74, 6) is -0.888. The average Bonchev–Trinajstić information content (AvgIpc) is 2.72. The van der Waals surface area contributed by atoms with E-state index in [4.69, 9.17) is 9.84 Å². The lowest BCUT2D eigenvalue weighted by Gasteiger charge is -2.13. The van der Waals surface area contributed by atoms with Crippen LogP contribution in [0.2, 0.25) is 0 Å². The Morgan fingerprint density at radius 3 is 3.19 bits per heavy atom. The topological polar surface area (TPSA) is 76.4 Å². The number of rotatable bonds is 3. The van der Waals surface area contributed by atoms with Crippen LogP contribution in [0.15, 0.2) is 12.3 Å². The Labute approximate surface area is 92.2 Å². The van der Waals surface area contributed by atoms with Crippen LogP contribution in [-0.4, -0.2) is 34.0 Å². The zero-order chi connectivity index (χ0) is 11.1. The molecule has 2 fully saturated rings. The number of aliphatic carboxylic acids is 1. The maximum atomic E-state index is 10.8. The second-order valence-electron chi connectivity index (χ2n) is 4.16. The maximum absolute atomic E-state index is 10.8. The molecule has 86 valence electrons. The van der Waals surface area contributed by atoms with E-state index < -0.39 is 5.97 Å². The molecule has 2 N–H and O–H groups in total. The summed E-state index contributed by atoms with van der Waals surface area (Å²) in [7, 11) is 0. The van der Waals surface area contributed by atoms with Crippen molar-refractivity contribution in [2.45, 2.75) is 18.7 Å². The fraction of sp³-hybridized carbons (Fsp3) is 0.600. The van der Waals surface area contributed by atoms with Crippen molar-refractivity contribution in [1.82, 2.24) is 15.1 Å². The molecule has 1 aliphatic heterocycles. The van der Waals surface area contributed by atoms with Gasteiger partial charge in [0, 0.05) is 24.4 Å². The number of hydrogen-bond acceptors (Lipinski definition) is 4. The van der Waals surface area contributed by atoms with Gasteiger partial charge in [0.2, 0.25) is 6.35 Å². The van der Waals surface area contributed by atoms with Crippen molar-refractivity contribution in [3.8, 4) is 0 Å². The third-order valence-electron chi connectivity index (χ3n) is 3.11. The molecule has 0 radical (unpaired) electrons. The predicted octanol–water partition coefficient (Wildman–Crippen LogP) is 0.147. The molecule has 0 aromatic carbocycles. The minimum atomic E-state index is -0.724. The van der Waals surface area contributed by atoms with Gasteiger partial charge in [-0.05, 0) is 12.5 Å². The van der Waals surface area contributed by atoms with E-state index in [1.807, 2.05) is 6.07 Å². The highest BCUT2D eigenvalue weighted by molar-refractivity contribution is 5.75. The normalized spacial score (nSPS) is 32.9. The molecule has 0 amide bonds. The van der Waals surface area contributed by atoms with Gasteiger partial charge in [-0.3, -0.25) is 10.1 Å². The summed E-state index contributed by atoms with van der Waals surface area (Å²) in [6.07, 6.45) is 2.16. The molecule has 2 heterocycles. The highest BCUT2D eigenvalue weighted by Crippen LogP contribution is 2.47. The fourth-order valence-electron chi connectivity index (χ4n) is 2.18. The number of ether oxygens (including phenoxy) is 1. The molecular weight excluding hydrogens is 210 g/mol. The Morgan fingerprint density at radius 2 is 2.56 bits per heavy atom. The molecule has 16 heavy (non-hydrogen) atoms. The minimum Gasteiger partial charge on any atom is -0.481 e. The Balaban J connectivity index is 1.81. The zero-order valence-corrected chi connectivity index (χ0v) is 8.67. The molecule has 3 atom stereocenters. The third-order valence-corrected chi connectivity index (χ3v) is 3.11. The zero-order valence-electron chi connectivity index (χ0n) is 8.67. The summed E-state index contributed by atoms with van der Waals surface area (Å²) in [6, 6.07) is 1.87. The van der Waals surface area contributed by atoms with Gasteiger partial charge < -0.3 is 9.84 Å². The Hall–Kier alpha value is -1.40. The van der Waals surface area contributed by atoms with Gasteiger partial charge in [0.05, 0.1) is 12.5 Å². The van der Waals surface area contributed by atoms with Gasteiger partial charge in [0.1, 0.15) is 0 Å². The first-order valence-corrected chi connectivity index (χ1v) is 5.38. The van der Waals surface area contributed by atoms with Crippen LogP contribution in [-0.2, 0) is 9.53 Å². The lowest BCUT2D eigenvalue weighted by atomic mass is 10.2. The van der Waals surface area contributed by atoms with Crippen LogP contribution in [0.1, 0.15) is 24.4 Å². The molecule has 1 saturated carbocycles. The van der Waals surface area contributed by atoms with Crippen molar-refractivity contribution in [3.63, 3.8) is 0 Å². The second kappa shape index (κ2) is 3.57. The van der Waals surface area contributed by atoms with Gasteiger partial charge in [0.25, 0.3) is 0 Å². The summed E-state index contributed by atoms with van der Waals surface area (Å²) in [5, 5.41) is 16.2. The van der Waals surface area contributed by atoms with Crippen molar-refractivity contribution in [3.05, 3.63) is 18.0 Å². The van der Waals surface area contributed by atoms with Crippen LogP contribution in [0, 0.1) is 5.92 Å². The van der Waals surface area contributed by atoms with Gasteiger partial charge in [-0.1, -0.05) is 0 Å². The van der Waals surface area contributed by atoms with E-state index in [2.05, 4.69) is 10.4 Å². The Kier molecular flexibility index (Phi) is 2.19. The summed E-state index contributed by atoms with van der Waals surface area (Å²) < 4.78 is 7.20. The van der Waals surface area contributed by atoms with Crippen LogP contribution in [0.5, 0.6) is 0 Å². The summed E-state index contributed by atoms with van der Waals surface area (Å²) >= 11 is 0. The summed E-state index contributed by atoms with van der Waals surface area (Å²) in [5.41, 5.74) is 0.951. The maximum Gasteiger partial charge on any atom is 0.307 e. The number of carboxylic acids is 1. The first kappa shape index (κ1) is 9.80. The SMILES string of the molecule is O=C(O)C1CC1c1ccnn1C1NCCO1. The first-order valence-electron chi connectivity index (χ1n) is 5.38. The number of carbonyl (C=O) groups is 1. The third kappa shape index (κ3) is 1.50. The monoisotopic (exact) mass is 223 g/mol. The molecular formula is C10H13N3O3. The van der Waals surface area contributed by atoms with Crippen molar-refractivity contribution >= 4 is 5.97 Å². The molecule has 0 bridgehead atoms. The van der Waals surface area contributed by atoms with Crippen molar-refractivity contribution in [1.29, 1.82) is 0 Å². The molecule has 2 aliphatic rings. The number of aromatic nitrogens is 2. The molecule has 1 aromatic heterocycles. The Morgan fingerprint density at radius 1 is 1.69 bits per heavy atom. The molecule has 1 aliphatic carbocycles. The quantitative estimate of drug-likeness (QED) is 0.762. The fourth-order valence-corrected chi connectivity index (χ4v) is 2.18. The van der Waals surface area contributed by atoms with E-state index in [9.17, 15) is 4.79 Å². The van der Waals surface area contributed by atoms with Crippen LogP contribution in [0.25, 0.3) is 0 Å². The van der Waals surface area contributed by atoms with Crippen LogP contribution >= 0.6 is 0 Å². The average molecular weight is 223 g/mol. The van der Waals surface area contributed by atoms with E-state index in [1.54, 1.807) is 10.9 Å². The van der Waals surface area contributed by atoms with Gasteiger partial charge in [0.15, 0.2) is 0 Å². The number of nitrogens with zero attached hydrogens (tertiary/aromatic N) is 2. The molecule has 0 spiro atoms. The van der Waals surface area contributed by atoms with Crippen LogP contribution in [0.4, 0.5) is 0 Å². The van der Waals surface area contributed by atoms with Crippen molar-refractivity contribution < 1.29 is 14.6 Å². The standard InChI is InChI=1S/C10H13N3O3/c14-9(15)7-5-6(7)8-1-2-12-13(8)10-11-3-4-16-10/h1-2,6-7,10-11H,3-5H2,(H,14,15). The van der Waals surface area contributed by atoms with Crippen molar-refractivity contribution in [2.75, 3.05) is 13.2 Å². The highest BCUT2D eigenvalue weighted by atomic mass is 16.5. The lowest BCUT2D eigenvalue weighted by Crippen LogP contribution is -2.23. The first-order chi connectivity index (χ1) is 7.77. The van der Waals surface area contributed by atoms with Gasteiger partial charge in [-0.25, -0.2) is 4.68 Å². The molecule has 1 aromatic rings. The number of carboxylic acid groups (broad SMARTS) is 1. The van der Waals surface area contributed by atoms with Gasteiger partial charge in [-0.15, -0.1) is 0 Å². The minimum absolute atomic E-state index is 0.0889. The molecule has 6 heteroatoms. The van der Waals surface area contributed by atoms with E-state index in [1.165, 1.54) is 0 Å². The van der Waals surface area contributed by atoms with E-state index >= 15 is 0 Å². The number of hydrogen-bond donors (Lipinski definition) is 2. The van der Waals surface area contributed by atoms with Crippen LogP contribution < -0.4 is 5.32 Å². The largest absolute Gasteiger partial charge is 0.481 e. The smallest absolute Gasteiger partial charge is 0.307 e. The predicted molar refractivity (Wildman–Crippen MR) is 53.7 cm³/mol. The molecule has 3 unspecified atom stereocenters. The van der Waals surface area contributed by atoms with Crippen molar-refractivity contribution in [2.24, 2.45) is 5.92 Å². The Bertz CT molecular complexity index is 411. The molecule has 1 saturated heterocycles. The van der Waals surface area contributed by atoms with E-state index in [0.29, 0.717) is 13.0 Å². The van der Waals surface area contributed by atoms with E-state index in [0.717, 1.165) is 12.2 Å². The van der Waals surface area contributed by atoms with Gasteiger partial charge >= 0.3 is 5.97 Å². The molecule has 3 rings (SSSR count). The summed E-state index contributed by atoms with van der Waals surface area (Å²) in [6.45, 7) is 1.47. The molecule has 6 nitrogen and oxygen atoms in total. The number of nitrogens with one attached hydrogen (secondary N) is 1. The van der Waals surface area contributed by atoms with Gasteiger partial charge in [-0.2, -0.15) is 5.10 Å². The van der Waals surface area contributed by atoms with Crippen LogP contribution in [0.3, 0.4) is 0 Å². The lowest BCUT2D eigenvalue weighted by molar-refractivity contribution is -0.138.